The molecule has 2 rings (SSSR count). The van der Waals surface area contributed by atoms with E-state index in [0.717, 1.165) is 19.3 Å². The average molecular weight is 611 g/mol. The summed E-state index contributed by atoms with van der Waals surface area (Å²) >= 11 is 0. The van der Waals surface area contributed by atoms with Crippen LogP contribution in [0.2, 0.25) is 0 Å². The quantitative estimate of drug-likeness (QED) is 0.239. The van der Waals surface area contributed by atoms with Crippen LogP contribution in [0.1, 0.15) is 134 Å². The van der Waals surface area contributed by atoms with Crippen LogP contribution in [0.3, 0.4) is 0 Å². The Hall–Kier alpha value is -1.91. The fourth-order valence-corrected chi connectivity index (χ4v) is 8.61. The normalized spacial score (nSPS) is 31.0. The molecule has 0 saturated heterocycles. The molecule has 1 amide bonds. The third-order valence-corrected chi connectivity index (χ3v) is 12.6. The van der Waals surface area contributed by atoms with Gasteiger partial charge in [-0.2, -0.15) is 18.4 Å². The molecule has 0 aromatic carbocycles. The molecule has 43 heavy (non-hydrogen) atoms. The number of ketones is 2. The highest BCUT2D eigenvalue weighted by atomic mass is 19.4. The van der Waals surface area contributed by atoms with E-state index < -0.39 is 40.8 Å². The number of alkyl halides is 3. The van der Waals surface area contributed by atoms with Crippen molar-refractivity contribution < 1.29 is 27.6 Å². The Balaban J connectivity index is 2.49. The van der Waals surface area contributed by atoms with E-state index in [1.165, 1.54) is 0 Å². The predicted molar refractivity (Wildman–Crippen MR) is 164 cm³/mol. The molecule has 2 aliphatic rings. The number of Topliss-reactive ketones (excluding diaryl/α,β-unsaturated/α-hetero) is 2. The maximum absolute atomic E-state index is 13.4. The number of carbonyl (C=O) groups is 3. The lowest BCUT2D eigenvalue weighted by atomic mass is 9.37. The lowest BCUT2D eigenvalue weighted by Crippen LogP contribution is -2.62. The van der Waals surface area contributed by atoms with Gasteiger partial charge < -0.3 is 10.1 Å². The molecule has 2 fully saturated rings. The Kier molecular flexibility index (Phi) is 10.8. The summed E-state index contributed by atoms with van der Waals surface area (Å²) in [6.07, 6.45) is 0.919. The molecule has 1 N–H and O–H groups in total. The first-order chi connectivity index (χ1) is 19.3. The Morgan fingerprint density at radius 2 is 1.56 bits per heavy atom. The van der Waals surface area contributed by atoms with Crippen LogP contribution in [-0.4, -0.2) is 30.2 Å². The van der Waals surface area contributed by atoms with Crippen molar-refractivity contribution in [2.24, 2.45) is 50.2 Å². The maximum Gasteiger partial charge on any atom is 0.405 e. The van der Waals surface area contributed by atoms with Crippen LogP contribution < -0.4 is 5.32 Å². The number of nitriles is 1. The summed E-state index contributed by atoms with van der Waals surface area (Å²) in [5.74, 6) is -1.32. The smallest absolute Gasteiger partial charge is 0.347 e. The molecule has 0 radical (unpaired) electrons. The summed E-state index contributed by atoms with van der Waals surface area (Å²) in [4.78, 5) is 39.5. The second-order valence-corrected chi connectivity index (χ2v) is 16.7. The van der Waals surface area contributed by atoms with Crippen molar-refractivity contribution in [3.05, 3.63) is 0 Å². The lowest BCUT2D eigenvalue weighted by Gasteiger charge is -2.66. The van der Waals surface area contributed by atoms with Gasteiger partial charge in [-0.3, -0.25) is 9.59 Å². The van der Waals surface area contributed by atoms with Crippen LogP contribution >= 0.6 is 0 Å². The van der Waals surface area contributed by atoms with Crippen molar-refractivity contribution in [2.75, 3.05) is 6.54 Å². The first-order valence-electron chi connectivity index (χ1n) is 16.1. The predicted octanol–water partition coefficient (Wildman–Crippen LogP) is 8.85. The Morgan fingerprint density at radius 1 is 1.00 bits per heavy atom. The van der Waals surface area contributed by atoms with Crippen molar-refractivity contribution >= 4 is 17.5 Å². The number of carbonyl (C=O) groups excluding carboxylic acids is 3. The number of fused-ring (bicyclic) bond motifs is 1. The monoisotopic (exact) mass is 610 g/mol. The Labute approximate surface area is 258 Å². The van der Waals surface area contributed by atoms with E-state index in [2.05, 4.69) is 59.9 Å². The molecule has 1 unspecified atom stereocenters. The van der Waals surface area contributed by atoms with Crippen molar-refractivity contribution in [1.29, 1.82) is 5.26 Å². The summed E-state index contributed by atoms with van der Waals surface area (Å²) in [7, 11) is 0. The number of amides is 1. The van der Waals surface area contributed by atoms with E-state index >= 15 is 0 Å². The largest absolute Gasteiger partial charge is 0.405 e. The molecule has 0 bridgehead atoms. The van der Waals surface area contributed by atoms with Crippen LogP contribution in [0.5, 0.6) is 0 Å². The number of halogens is 3. The molecule has 8 heteroatoms. The molecule has 0 aromatic rings. The first-order valence-corrected chi connectivity index (χ1v) is 16.1. The highest BCUT2D eigenvalue weighted by Crippen LogP contribution is 2.69. The number of nitrogens with zero attached hydrogens (tertiary/aromatic N) is 1. The topological polar surface area (TPSA) is 87.0 Å². The van der Waals surface area contributed by atoms with Gasteiger partial charge in [0, 0.05) is 17.3 Å². The maximum atomic E-state index is 13.4. The summed E-state index contributed by atoms with van der Waals surface area (Å²) in [6, 6.07) is 2.26. The number of nitrogens with one attached hydrogen (secondary N) is 1. The second-order valence-electron chi connectivity index (χ2n) is 16.7. The van der Waals surface area contributed by atoms with Gasteiger partial charge in [0.2, 0.25) is 5.91 Å². The summed E-state index contributed by atoms with van der Waals surface area (Å²) in [5.41, 5.74) is -2.91. The van der Waals surface area contributed by atoms with Crippen LogP contribution in [0.4, 0.5) is 13.2 Å². The minimum atomic E-state index is -4.49. The zero-order chi connectivity index (χ0) is 33.4. The summed E-state index contributed by atoms with van der Waals surface area (Å²) in [6.45, 7) is 20.9. The van der Waals surface area contributed by atoms with Gasteiger partial charge in [-0.05, 0) is 85.4 Å². The minimum Gasteiger partial charge on any atom is -0.347 e. The van der Waals surface area contributed by atoms with Crippen molar-refractivity contribution in [1.82, 2.24) is 5.32 Å². The molecule has 246 valence electrons. The van der Waals surface area contributed by atoms with Gasteiger partial charge in [-0.1, -0.05) is 75.7 Å². The Morgan fingerprint density at radius 3 is 2.05 bits per heavy atom. The lowest BCUT2D eigenvalue weighted by molar-refractivity contribution is -0.184. The number of hydrogen-bond donors (Lipinski definition) is 1. The van der Waals surface area contributed by atoms with E-state index in [0.29, 0.717) is 38.5 Å². The van der Waals surface area contributed by atoms with Crippen LogP contribution in [0.15, 0.2) is 0 Å². The van der Waals surface area contributed by atoms with Gasteiger partial charge in [0.25, 0.3) is 0 Å². The first kappa shape index (κ1) is 37.3. The summed E-state index contributed by atoms with van der Waals surface area (Å²) in [5, 5.41) is 12.1. The minimum absolute atomic E-state index is 0.0162. The van der Waals surface area contributed by atoms with Crippen molar-refractivity contribution in [2.45, 2.75) is 140 Å². The molecular weight excluding hydrogens is 553 g/mol. The molecular formula is C35H57F3N2O3. The van der Waals surface area contributed by atoms with Gasteiger partial charge in [0.05, 0.1) is 6.07 Å². The van der Waals surface area contributed by atoms with Gasteiger partial charge >= 0.3 is 6.18 Å². The summed E-state index contributed by atoms with van der Waals surface area (Å²) < 4.78 is 39.2. The molecule has 0 aromatic heterocycles. The van der Waals surface area contributed by atoms with Crippen LogP contribution in [0, 0.1) is 61.6 Å². The highest BCUT2D eigenvalue weighted by Gasteiger charge is 2.65. The fourth-order valence-electron chi connectivity index (χ4n) is 8.61. The standard InChI is InChI=1S/C35H57F3N2O3/c1-12-29(3,4)15-17-32(9,28(43)40-22-35(36,37)38)18-16-30(5,6)34(11)14-13-25-31(7,8)27(42)24(21-39)20-33(25,10)26(34)19-23(2)41/h24-26H,12-20,22H2,1-11H3,(H,40,43)/t24?,25-,26+,32-,33-,34+/m0/s1. The van der Waals surface area contributed by atoms with E-state index in [9.17, 15) is 32.8 Å². The zero-order valence-corrected chi connectivity index (χ0v) is 28.6. The van der Waals surface area contributed by atoms with Gasteiger partial charge in [-0.15, -0.1) is 0 Å². The molecule has 0 spiro atoms. The molecule has 0 aliphatic heterocycles. The van der Waals surface area contributed by atoms with Crippen molar-refractivity contribution in [3.63, 3.8) is 0 Å². The number of hydrogen-bond acceptors (Lipinski definition) is 4. The van der Waals surface area contributed by atoms with Gasteiger partial charge in [-0.25, -0.2) is 0 Å². The van der Waals surface area contributed by atoms with Crippen LogP contribution in [-0.2, 0) is 14.4 Å². The molecule has 5 nitrogen and oxygen atoms in total. The SMILES string of the molecule is CCC(C)(C)CC[C@@](C)(CCC(C)(C)[C@]1(C)CC[C@H]2C(C)(C)C(=O)C(C#N)C[C@]2(C)[C@H]1CC(C)=O)C(=O)NCC(F)(F)F. The van der Waals surface area contributed by atoms with Gasteiger partial charge in [0.1, 0.15) is 18.2 Å². The van der Waals surface area contributed by atoms with Crippen LogP contribution in [0.25, 0.3) is 0 Å². The molecule has 6 atom stereocenters. The second kappa shape index (κ2) is 12.5. The fraction of sp³-hybridized carbons (Fsp3) is 0.886. The Bertz CT molecular complexity index is 1100. The van der Waals surface area contributed by atoms with Gasteiger partial charge in [0.15, 0.2) is 5.78 Å². The third-order valence-electron chi connectivity index (χ3n) is 12.6. The van der Waals surface area contributed by atoms with E-state index in [1.54, 1.807) is 13.8 Å². The molecule has 2 aliphatic carbocycles. The van der Waals surface area contributed by atoms with E-state index in [4.69, 9.17) is 0 Å². The molecule has 2 saturated carbocycles. The van der Waals surface area contributed by atoms with Crippen molar-refractivity contribution in [3.8, 4) is 6.07 Å². The zero-order valence-electron chi connectivity index (χ0n) is 28.6. The third kappa shape index (κ3) is 7.67. The molecule has 0 heterocycles. The van der Waals surface area contributed by atoms with E-state index in [1.807, 2.05) is 13.8 Å². The average Bonchev–Trinajstić information content (AvgIpc) is 2.88. The highest BCUT2D eigenvalue weighted by molar-refractivity contribution is 5.90. The number of rotatable bonds is 12. The van der Waals surface area contributed by atoms with E-state index in [-0.39, 0.29) is 39.6 Å².